The number of pyridine rings is 1. The van der Waals surface area contributed by atoms with Gasteiger partial charge in [-0.15, -0.1) is 0 Å². The Morgan fingerprint density at radius 2 is 2.40 bits per heavy atom. The maximum Gasteiger partial charge on any atom is 0.126 e. The summed E-state index contributed by atoms with van der Waals surface area (Å²) in [5, 5.41) is 3.16. The van der Waals surface area contributed by atoms with Gasteiger partial charge in [0.05, 0.1) is 6.20 Å². The Morgan fingerprint density at radius 3 is 2.90 bits per heavy atom. The Kier molecular flexibility index (Phi) is 2.26. The van der Waals surface area contributed by atoms with E-state index in [1.807, 2.05) is 12.1 Å². The van der Waals surface area contributed by atoms with E-state index in [0.29, 0.717) is 6.04 Å². The van der Waals surface area contributed by atoms with Gasteiger partial charge in [0.15, 0.2) is 0 Å². The summed E-state index contributed by atoms with van der Waals surface area (Å²) in [6, 6.07) is 6.06. The predicted octanol–water partition coefficient (Wildman–Crippen LogP) is 1.70. The average molecular weight is 135 g/mol. The van der Waals surface area contributed by atoms with Crippen molar-refractivity contribution in [3.05, 3.63) is 24.4 Å². The van der Waals surface area contributed by atoms with E-state index >= 15 is 0 Å². The predicted molar refractivity (Wildman–Crippen MR) is 41.8 cm³/mol. The minimum absolute atomic E-state index is 0.434. The Bertz CT molecular complexity index is 182. The molecule has 1 N–H and O–H groups in total. The van der Waals surface area contributed by atoms with E-state index in [-0.39, 0.29) is 0 Å². The third-order valence-electron chi connectivity index (χ3n) is 1.05. The highest BCUT2D eigenvalue weighted by molar-refractivity contribution is 5.33. The quantitative estimate of drug-likeness (QED) is 0.667. The van der Waals surface area contributed by atoms with E-state index < -0.39 is 0 Å². The van der Waals surface area contributed by atoms with Crippen molar-refractivity contribution in [2.75, 3.05) is 5.32 Å². The molecule has 0 aliphatic heterocycles. The first kappa shape index (κ1) is 7.06. The minimum Gasteiger partial charge on any atom is -0.368 e. The summed E-state index contributed by atoms with van der Waals surface area (Å²) in [6.45, 7) is 4.16. The molecular formula is C8H11N2. The van der Waals surface area contributed by atoms with Crippen molar-refractivity contribution in [2.24, 2.45) is 0 Å². The Morgan fingerprint density at radius 1 is 1.60 bits per heavy atom. The molecule has 0 atom stereocenters. The molecule has 2 nitrogen and oxygen atoms in total. The summed E-state index contributed by atoms with van der Waals surface area (Å²) in [5.41, 5.74) is 0. The highest BCUT2D eigenvalue weighted by Crippen LogP contribution is 2.00. The molecule has 1 heterocycles. The highest BCUT2D eigenvalue weighted by Gasteiger charge is 1.92. The molecule has 0 saturated carbocycles. The first-order valence-electron chi connectivity index (χ1n) is 3.38. The third kappa shape index (κ3) is 2.05. The molecule has 1 radical (unpaired) electrons. The van der Waals surface area contributed by atoms with Crippen molar-refractivity contribution in [3.8, 4) is 0 Å². The molecule has 0 aliphatic carbocycles. The fourth-order valence-corrected chi connectivity index (χ4v) is 0.703. The van der Waals surface area contributed by atoms with Crippen LogP contribution in [0.15, 0.2) is 18.2 Å². The SMILES string of the molecule is CC(C)Nc1ccc[c]n1. The molecule has 0 aliphatic rings. The molecule has 10 heavy (non-hydrogen) atoms. The molecule has 53 valence electrons. The first-order valence-corrected chi connectivity index (χ1v) is 3.38. The lowest BCUT2D eigenvalue weighted by Crippen LogP contribution is -2.10. The zero-order valence-electron chi connectivity index (χ0n) is 6.26. The van der Waals surface area contributed by atoms with Crippen LogP contribution in [0.5, 0.6) is 0 Å². The number of nitrogens with one attached hydrogen (secondary N) is 1. The highest BCUT2D eigenvalue weighted by atomic mass is 15.0. The van der Waals surface area contributed by atoms with E-state index in [0.717, 1.165) is 5.82 Å². The first-order chi connectivity index (χ1) is 4.79. The van der Waals surface area contributed by atoms with Gasteiger partial charge >= 0.3 is 0 Å². The van der Waals surface area contributed by atoms with Gasteiger partial charge in [0.2, 0.25) is 0 Å². The Hall–Kier alpha value is -1.05. The maximum atomic E-state index is 3.98. The maximum absolute atomic E-state index is 3.98. The lowest BCUT2D eigenvalue weighted by atomic mass is 10.4. The molecule has 0 spiro atoms. The van der Waals surface area contributed by atoms with Crippen molar-refractivity contribution in [3.63, 3.8) is 0 Å². The van der Waals surface area contributed by atoms with Crippen molar-refractivity contribution in [1.29, 1.82) is 0 Å². The van der Waals surface area contributed by atoms with E-state index in [2.05, 4.69) is 30.3 Å². The van der Waals surface area contributed by atoms with Crippen LogP contribution in [-0.4, -0.2) is 11.0 Å². The second-order valence-electron chi connectivity index (χ2n) is 2.45. The van der Waals surface area contributed by atoms with Gasteiger partial charge < -0.3 is 5.32 Å². The fourth-order valence-electron chi connectivity index (χ4n) is 0.703. The lowest BCUT2D eigenvalue weighted by molar-refractivity contribution is 0.889. The van der Waals surface area contributed by atoms with E-state index in [1.54, 1.807) is 6.07 Å². The summed E-state index contributed by atoms with van der Waals surface area (Å²) in [6.07, 6.45) is 2.75. The van der Waals surface area contributed by atoms with Crippen LogP contribution in [-0.2, 0) is 0 Å². The number of rotatable bonds is 2. The van der Waals surface area contributed by atoms with Crippen molar-refractivity contribution < 1.29 is 0 Å². The van der Waals surface area contributed by atoms with Crippen LogP contribution in [0.25, 0.3) is 0 Å². The molecule has 0 unspecified atom stereocenters. The number of nitrogens with zero attached hydrogens (tertiary/aromatic N) is 1. The molecule has 1 aromatic heterocycles. The molecule has 0 saturated heterocycles. The largest absolute Gasteiger partial charge is 0.368 e. The van der Waals surface area contributed by atoms with Crippen LogP contribution in [0.4, 0.5) is 5.82 Å². The van der Waals surface area contributed by atoms with Crippen LogP contribution in [0, 0.1) is 6.20 Å². The van der Waals surface area contributed by atoms with Crippen molar-refractivity contribution in [1.82, 2.24) is 4.98 Å². The monoisotopic (exact) mass is 135 g/mol. The fraction of sp³-hybridized carbons (Fsp3) is 0.375. The van der Waals surface area contributed by atoms with E-state index in [1.165, 1.54) is 0 Å². The number of hydrogen-bond donors (Lipinski definition) is 1. The summed E-state index contributed by atoms with van der Waals surface area (Å²) in [4.78, 5) is 3.98. The number of hydrogen-bond acceptors (Lipinski definition) is 2. The normalized spacial score (nSPS) is 9.90. The van der Waals surface area contributed by atoms with Crippen LogP contribution < -0.4 is 5.32 Å². The molecule has 0 bridgehead atoms. The summed E-state index contributed by atoms with van der Waals surface area (Å²) >= 11 is 0. The molecule has 1 aromatic rings. The molecule has 0 fully saturated rings. The number of anilines is 1. The van der Waals surface area contributed by atoms with Gasteiger partial charge in [-0.1, -0.05) is 6.07 Å². The van der Waals surface area contributed by atoms with Crippen LogP contribution in [0.3, 0.4) is 0 Å². The van der Waals surface area contributed by atoms with Gasteiger partial charge in [-0.05, 0) is 26.0 Å². The molecule has 0 amide bonds. The molecule has 0 aromatic carbocycles. The van der Waals surface area contributed by atoms with Gasteiger partial charge in [0.25, 0.3) is 0 Å². The molecule has 2 heteroatoms. The third-order valence-corrected chi connectivity index (χ3v) is 1.05. The summed E-state index contributed by atoms with van der Waals surface area (Å²) in [5.74, 6) is 0.887. The van der Waals surface area contributed by atoms with Gasteiger partial charge in [-0.25, -0.2) is 4.98 Å². The summed E-state index contributed by atoms with van der Waals surface area (Å²) < 4.78 is 0. The van der Waals surface area contributed by atoms with Crippen LogP contribution >= 0.6 is 0 Å². The van der Waals surface area contributed by atoms with Crippen molar-refractivity contribution in [2.45, 2.75) is 19.9 Å². The standard InChI is InChI=1S/C8H11N2/c1-7(2)10-8-5-3-4-6-9-8/h3-5,7H,1-2H3,(H,9,10). The smallest absolute Gasteiger partial charge is 0.126 e. The average Bonchev–Trinajstić information content (AvgIpc) is 1.88. The second kappa shape index (κ2) is 3.20. The van der Waals surface area contributed by atoms with Gasteiger partial charge in [0.1, 0.15) is 5.82 Å². The Labute approximate surface area is 61.3 Å². The molecular weight excluding hydrogens is 124 g/mol. The van der Waals surface area contributed by atoms with Crippen molar-refractivity contribution >= 4 is 5.82 Å². The van der Waals surface area contributed by atoms with E-state index in [9.17, 15) is 0 Å². The lowest BCUT2D eigenvalue weighted by Gasteiger charge is -2.06. The van der Waals surface area contributed by atoms with Crippen LogP contribution in [0.2, 0.25) is 0 Å². The topological polar surface area (TPSA) is 24.9 Å². The summed E-state index contributed by atoms with van der Waals surface area (Å²) in [7, 11) is 0. The van der Waals surface area contributed by atoms with Gasteiger partial charge in [-0.2, -0.15) is 0 Å². The van der Waals surface area contributed by atoms with Crippen LogP contribution in [0.1, 0.15) is 13.8 Å². The van der Waals surface area contributed by atoms with Gasteiger partial charge in [0, 0.05) is 6.04 Å². The zero-order valence-corrected chi connectivity index (χ0v) is 6.26. The minimum atomic E-state index is 0.434. The van der Waals surface area contributed by atoms with E-state index in [4.69, 9.17) is 0 Å². The van der Waals surface area contributed by atoms with Gasteiger partial charge in [-0.3, -0.25) is 0 Å². The molecule has 1 rings (SSSR count). The number of aromatic nitrogens is 1. The Balaban J connectivity index is 2.59. The zero-order chi connectivity index (χ0) is 7.40. The second-order valence-corrected chi connectivity index (χ2v) is 2.45.